The summed E-state index contributed by atoms with van der Waals surface area (Å²) in [7, 11) is 0. The Bertz CT molecular complexity index is 505. The van der Waals surface area contributed by atoms with Crippen molar-refractivity contribution in [2.24, 2.45) is 0 Å². The van der Waals surface area contributed by atoms with Crippen LogP contribution in [0.3, 0.4) is 0 Å². The van der Waals surface area contributed by atoms with Crippen LogP contribution in [-0.2, 0) is 13.0 Å². The van der Waals surface area contributed by atoms with Gasteiger partial charge in [0.1, 0.15) is 0 Å². The Morgan fingerprint density at radius 2 is 2.15 bits per heavy atom. The number of tetrazole rings is 2. The highest BCUT2D eigenvalue weighted by Gasteiger charge is 2.21. The van der Waals surface area contributed by atoms with Crippen molar-refractivity contribution in [1.29, 1.82) is 0 Å². The van der Waals surface area contributed by atoms with Crippen molar-refractivity contribution >= 4 is 0 Å². The van der Waals surface area contributed by atoms with Gasteiger partial charge in [0.25, 0.3) is 0 Å². The molecular weight excluding hydrogens is 256 g/mol. The number of hydrogen-bond donors (Lipinski definition) is 1. The smallest absolute Gasteiger partial charge is 0.174 e. The third kappa shape index (κ3) is 3.17. The zero-order chi connectivity index (χ0) is 13.6. The molecule has 0 aromatic carbocycles. The molecule has 2 aromatic rings. The third-order valence-electron chi connectivity index (χ3n) is 3.94. The fourth-order valence-electron chi connectivity index (χ4n) is 2.86. The number of nitrogens with one attached hydrogen (secondary N) is 1. The Morgan fingerprint density at radius 1 is 1.15 bits per heavy atom. The molecule has 0 fully saturated rings. The molecule has 0 spiro atoms. The van der Waals surface area contributed by atoms with Crippen molar-refractivity contribution in [3.05, 3.63) is 11.6 Å². The summed E-state index contributed by atoms with van der Waals surface area (Å²) in [6, 6.07) is 0. The second kappa shape index (κ2) is 6.53. The first-order valence-electron chi connectivity index (χ1n) is 7.42. The van der Waals surface area contributed by atoms with Gasteiger partial charge < -0.3 is 0 Å². The van der Waals surface area contributed by atoms with Gasteiger partial charge in [-0.05, 0) is 36.1 Å². The van der Waals surface area contributed by atoms with Crippen molar-refractivity contribution in [1.82, 2.24) is 40.8 Å². The predicted octanol–water partition coefficient (Wildman–Crippen LogP) is 1.26. The number of unbranched alkanes of at least 4 members (excludes halogenated alkanes) is 2. The van der Waals surface area contributed by atoms with Gasteiger partial charge in [-0.15, -0.1) is 15.3 Å². The minimum atomic E-state index is 0.526. The number of nitrogens with zero attached hydrogens (tertiary/aromatic N) is 7. The first-order chi connectivity index (χ1) is 9.93. The van der Waals surface area contributed by atoms with Crippen LogP contribution < -0.4 is 0 Å². The summed E-state index contributed by atoms with van der Waals surface area (Å²) < 4.78 is 1.98. The largest absolute Gasteiger partial charge is 0.229 e. The Balaban J connectivity index is 1.42. The van der Waals surface area contributed by atoms with E-state index in [2.05, 4.69) is 36.1 Å². The predicted molar refractivity (Wildman–Crippen MR) is 70.8 cm³/mol. The Kier molecular flexibility index (Phi) is 4.29. The van der Waals surface area contributed by atoms with Crippen LogP contribution in [0.1, 0.15) is 62.5 Å². The lowest BCUT2D eigenvalue weighted by Gasteiger charge is -2.12. The second-order valence-electron chi connectivity index (χ2n) is 5.38. The summed E-state index contributed by atoms with van der Waals surface area (Å²) in [6.45, 7) is 0.969. The fourth-order valence-corrected chi connectivity index (χ4v) is 2.86. The number of rotatable bonds is 6. The summed E-state index contributed by atoms with van der Waals surface area (Å²) in [6.07, 6.45) is 9.24. The molecule has 0 radical (unpaired) electrons. The quantitative estimate of drug-likeness (QED) is 0.797. The third-order valence-corrected chi connectivity index (χ3v) is 3.94. The number of hydrogen-bond acceptors (Lipinski definition) is 6. The Hall–Kier alpha value is -1.86. The lowest BCUT2D eigenvalue weighted by atomic mass is 9.95. The lowest BCUT2D eigenvalue weighted by molar-refractivity contribution is 0.501. The maximum atomic E-state index is 4.21. The molecule has 20 heavy (non-hydrogen) atoms. The molecular formula is C12H20N8. The molecule has 2 aromatic heterocycles. The highest BCUT2D eigenvalue weighted by molar-refractivity contribution is 4.95. The number of aromatic amines is 1. The van der Waals surface area contributed by atoms with E-state index in [1.165, 1.54) is 38.5 Å². The molecule has 3 heterocycles. The van der Waals surface area contributed by atoms with Crippen molar-refractivity contribution in [3.63, 3.8) is 0 Å². The van der Waals surface area contributed by atoms with Crippen LogP contribution in [0.25, 0.3) is 0 Å². The van der Waals surface area contributed by atoms with Gasteiger partial charge in [0.15, 0.2) is 11.6 Å². The summed E-state index contributed by atoms with van der Waals surface area (Å²) in [4.78, 5) is 0. The van der Waals surface area contributed by atoms with E-state index in [4.69, 9.17) is 0 Å². The summed E-state index contributed by atoms with van der Waals surface area (Å²) >= 11 is 0. The lowest BCUT2D eigenvalue weighted by Crippen LogP contribution is -2.07. The van der Waals surface area contributed by atoms with Crippen molar-refractivity contribution in [2.45, 2.75) is 63.8 Å². The normalized spacial score (nSPS) is 18.7. The molecule has 0 saturated carbocycles. The molecule has 1 atom stereocenters. The molecule has 1 N–H and O–H groups in total. The summed E-state index contributed by atoms with van der Waals surface area (Å²) in [5.41, 5.74) is 0. The highest BCUT2D eigenvalue weighted by Crippen LogP contribution is 2.28. The monoisotopic (exact) mass is 276 g/mol. The van der Waals surface area contributed by atoms with E-state index in [1.807, 2.05) is 4.68 Å². The van der Waals surface area contributed by atoms with Gasteiger partial charge in [0, 0.05) is 18.9 Å². The molecule has 0 saturated heterocycles. The van der Waals surface area contributed by atoms with Gasteiger partial charge in [-0.1, -0.05) is 24.5 Å². The molecule has 108 valence electrons. The first-order valence-corrected chi connectivity index (χ1v) is 7.42. The average Bonchev–Trinajstić information content (AvgIpc) is 3.09. The van der Waals surface area contributed by atoms with Gasteiger partial charge in [-0.25, -0.2) is 4.68 Å². The van der Waals surface area contributed by atoms with Crippen LogP contribution >= 0.6 is 0 Å². The molecule has 0 aliphatic carbocycles. The van der Waals surface area contributed by atoms with Crippen LogP contribution in [0, 0.1) is 0 Å². The molecule has 1 aliphatic rings. The van der Waals surface area contributed by atoms with E-state index < -0.39 is 0 Å². The van der Waals surface area contributed by atoms with Gasteiger partial charge in [0.05, 0.1) is 0 Å². The van der Waals surface area contributed by atoms with Crippen LogP contribution in [0.15, 0.2) is 0 Å². The molecule has 3 rings (SSSR count). The van der Waals surface area contributed by atoms with Crippen LogP contribution in [-0.4, -0.2) is 40.8 Å². The van der Waals surface area contributed by atoms with E-state index >= 15 is 0 Å². The first kappa shape index (κ1) is 13.1. The molecule has 8 heteroatoms. The van der Waals surface area contributed by atoms with E-state index in [1.54, 1.807) is 0 Å². The zero-order valence-corrected chi connectivity index (χ0v) is 11.6. The van der Waals surface area contributed by atoms with Gasteiger partial charge in [-0.2, -0.15) is 5.21 Å². The van der Waals surface area contributed by atoms with E-state index in [0.717, 1.165) is 31.0 Å². The van der Waals surface area contributed by atoms with E-state index in [-0.39, 0.29) is 0 Å². The number of fused-ring (bicyclic) bond motifs is 1. The van der Waals surface area contributed by atoms with Crippen LogP contribution in [0.2, 0.25) is 0 Å². The van der Waals surface area contributed by atoms with Gasteiger partial charge in [-0.3, -0.25) is 0 Å². The van der Waals surface area contributed by atoms with Crippen LogP contribution in [0.5, 0.6) is 0 Å². The number of aromatic nitrogens is 8. The van der Waals surface area contributed by atoms with Gasteiger partial charge >= 0.3 is 0 Å². The molecule has 0 amide bonds. The van der Waals surface area contributed by atoms with Crippen molar-refractivity contribution in [2.75, 3.05) is 0 Å². The second-order valence-corrected chi connectivity index (χ2v) is 5.38. The van der Waals surface area contributed by atoms with Crippen LogP contribution in [0.4, 0.5) is 0 Å². The molecule has 1 aliphatic heterocycles. The summed E-state index contributed by atoms with van der Waals surface area (Å²) in [5.74, 6) is 2.42. The summed E-state index contributed by atoms with van der Waals surface area (Å²) in [5, 5.41) is 26.1. The topological polar surface area (TPSA) is 98.1 Å². The molecule has 8 nitrogen and oxygen atoms in total. The number of H-pyrrole nitrogens is 1. The minimum absolute atomic E-state index is 0.526. The Morgan fingerprint density at radius 3 is 3.05 bits per heavy atom. The minimum Gasteiger partial charge on any atom is -0.229 e. The van der Waals surface area contributed by atoms with Crippen molar-refractivity contribution < 1.29 is 0 Å². The highest BCUT2D eigenvalue weighted by atomic mass is 15.5. The SMILES string of the molecule is C(CCc1nn[nH]n1)CCC1CCCCn2nnnc21. The van der Waals surface area contributed by atoms with Crippen molar-refractivity contribution in [3.8, 4) is 0 Å². The van der Waals surface area contributed by atoms with E-state index in [0.29, 0.717) is 5.92 Å². The fraction of sp³-hybridized carbons (Fsp3) is 0.833. The molecule has 0 bridgehead atoms. The maximum Gasteiger partial charge on any atom is 0.174 e. The Labute approximate surface area is 117 Å². The van der Waals surface area contributed by atoms with E-state index in [9.17, 15) is 0 Å². The zero-order valence-electron chi connectivity index (χ0n) is 11.6. The standard InChI is InChI=1S/C12H20N8/c1(3-8-11-13-16-17-14-11)2-6-10-7-4-5-9-20-12(10)15-18-19-20/h10H,1-9H2,(H,13,14,16,17). The average molecular weight is 276 g/mol. The molecule has 1 unspecified atom stereocenters. The van der Waals surface area contributed by atoms with Gasteiger partial charge in [0.2, 0.25) is 0 Å². The maximum absolute atomic E-state index is 4.21. The number of aryl methyl sites for hydroxylation is 2.